The fraction of sp³-hybridized carbons (Fsp3) is 0.125. The van der Waals surface area contributed by atoms with Gasteiger partial charge in [0.2, 0.25) is 0 Å². The van der Waals surface area contributed by atoms with Gasteiger partial charge in [0, 0.05) is 12.1 Å². The Balaban J connectivity index is 1.88. The van der Waals surface area contributed by atoms with Gasteiger partial charge >= 0.3 is 0 Å². The van der Waals surface area contributed by atoms with Crippen LogP contribution < -0.4 is 9.47 Å². The number of non-ortho nitro benzene ring substituents is 1. The van der Waals surface area contributed by atoms with Crippen LogP contribution >= 0.6 is 11.6 Å². The van der Waals surface area contributed by atoms with E-state index >= 15 is 0 Å². The summed E-state index contributed by atoms with van der Waals surface area (Å²) < 4.78 is 11.2. The molecule has 156 valence electrons. The van der Waals surface area contributed by atoms with Crippen molar-refractivity contribution < 1.29 is 14.4 Å². The van der Waals surface area contributed by atoms with Gasteiger partial charge in [-0.2, -0.15) is 5.26 Å². The number of halogens is 1. The molecule has 0 aromatic heterocycles. The smallest absolute Gasteiger partial charge is 0.269 e. The lowest BCUT2D eigenvalue weighted by molar-refractivity contribution is -0.384. The number of nitrogens with zero attached hydrogens (tertiary/aromatic N) is 2. The van der Waals surface area contributed by atoms with Crippen LogP contribution in [0, 0.1) is 28.4 Å². The summed E-state index contributed by atoms with van der Waals surface area (Å²) in [4.78, 5) is 10.5. The number of hydrogen-bond donors (Lipinski definition) is 0. The van der Waals surface area contributed by atoms with E-state index < -0.39 is 4.92 Å². The highest BCUT2D eigenvalue weighted by Crippen LogP contribution is 2.38. The van der Waals surface area contributed by atoms with E-state index in [0.29, 0.717) is 33.2 Å². The first-order chi connectivity index (χ1) is 14.9. The van der Waals surface area contributed by atoms with E-state index in [9.17, 15) is 15.4 Å². The van der Waals surface area contributed by atoms with Gasteiger partial charge in [0.05, 0.1) is 28.7 Å². The van der Waals surface area contributed by atoms with Crippen LogP contribution in [0.2, 0.25) is 5.02 Å². The summed E-state index contributed by atoms with van der Waals surface area (Å²) in [6.45, 7) is 2.07. The molecule has 0 amide bonds. The average Bonchev–Trinajstić information content (AvgIpc) is 2.77. The Hall–Kier alpha value is -3.82. The summed E-state index contributed by atoms with van der Waals surface area (Å²) in [6.07, 6.45) is 1.73. The molecule has 6 nitrogen and oxygen atoms in total. The molecule has 0 N–H and O–H groups in total. The third-order valence-electron chi connectivity index (χ3n) is 4.55. The van der Waals surface area contributed by atoms with Crippen LogP contribution in [-0.2, 0) is 6.61 Å². The molecule has 0 bridgehead atoms. The minimum atomic E-state index is -0.459. The maximum atomic E-state index is 10.9. The Kier molecular flexibility index (Phi) is 6.91. The van der Waals surface area contributed by atoms with Crippen molar-refractivity contribution in [2.45, 2.75) is 13.5 Å². The van der Waals surface area contributed by atoms with E-state index in [1.54, 1.807) is 30.3 Å². The minimum Gasteiger partial charge on any atom is -0.493 e. The SMILES string of the molecule is COc1cc(/C=C(/C#N)c2ccc(C)cc2)cc(Cl)c1OCc1cccc([N+](=O)[O-])c1. The third kappa shape index (κ3) is 5.41. The topological polar surface area (TPSA) is 85.4 Å². The number of nitriles is 1. The molecular weight excluding hydrogens is 416 g/mol. The second-order valence-corrected chi connectivity index (χ2v) is 7.19. The summed E-state index contributed by atoms with van der Waals surface area (Å²) in [5.74, 6) is 0.715. The third-order valence-corrected chi connectivity index (χ3v) is 4.83. The molecule has 0 spiro atoms. The summed E-state index contributed by atoms with van der Waals surface area (Å²) >= 11 is 6.43. The summed E-state index contributed by atoms with van der Waals surface area (Å²) in [7, 11) is 1.49. The monoisotopic (exact) mass is 434 g/mol. The van der Waals surface area contributed by atoms with Crippen molar-refractivity contribution in [3.63, 3.8) is 0 Å². The van der Waals surface area contributed by atoms with Crippen molar-refractivity contribution in [3.05, 3.63) is 98.1 Å². The molecule has 3 aromatic carbocycles. The van der Waals surface area contributed by atoms with E-state index in [0.717, 1.165) is 11.1 Å². The summed E-state index contributed by atoms with van der Waals surface area (Å²) in [5.41, 5.74) is 3.69. The molecule has 3 aromatic rings. The second-order valence-electron chi connectivity index (χ2n) is 6.79. The van der Waals surface area contributed by atoms with E-state index in [2.05, 4.69) is 6.07 Å². The van der Waals surface area contributed by atoms with Gasteiger partial charge in [-0.05, 0) is 41.8 Å². The lowest BCUT2D eigenvalue weighted by Crippen LogP contribution is -2.00. The number of aryl methyl sites for hydroxylation is 1. The van der Waals surface area contributed by atoms with Crippen molar-refractivity contribution in [1.82, 2.24) is 0 Å². The fourth-order valence-electron chi connectivity index (χ4n) is 2.96. The minimum absolute atomic E-state index is 0.0141. The van der Waals surface area contributed by atoms with Crippen LogP contribution in [-0.4, -0.2) is 12.0 Å². The second kappa shape index (κ2) is 9.79. The van der Waals surface area contributed by atoms with E-state index in [1.165, 1.54) is 19.2 Å². The van der Waals surface area contributed by atoms with Crippen molar-refractivity contribution in [2.24, 2.45) is 0 Å². The standard InChI is InChI=1S/C24H19ClN2O4/c1-16-6-8-19(9-7-16)20(14-26)10-18-12-22(25)24(23(13-18)30-2)31-15-17-4-3-5-21(11-17)27(28)29/h3-13H,15H2,1-2H3/b20-10-. The molecule has 0 aliphatic rings. The van der Waals surface area contributed by atoms with Gasteiger partial charge < -0.3 is 9.47 Å². The van der Waals surface area contributed by atoms with Gasteiger partial charge in [0.25, 0.3) is 5.69 Å². The fourth-order valence-corrected chi connectivity index (χ4v) is 3.23. The maximum absolute atomic E-state index is 10.9. The Labute approximate surface area is 185 Å². The zero-order chi connectivity index (χ0) is 22.4. The molecule has 0 saturated heterocycles. The maximum Gasteiger partial charge on any atom is 0.269 e. The van der Waals surface area contributed by atoms with E-state index in [1.807, 2.05) is 31.2 Å². The van der Waals surface area contributed by atoms with Gasteiger partial charge in [0.1, 0.15) is 6.61 Å². The Morgan fingerprint density at radius 3 is 2.58 bits per heavy atom. The lowest BCUT2D eigenvalue weighted by atomic mass is 10.0. The van der Waals surface area contributed by atoms with Crippen LogP contribution in [0.5, 0.6) is 11.5 Å². The molecular formula is C24H19ClN2O4. The first kappa shape index (κ1) is 21.9. The molecule has 0 aliphatic heterocycles. The van der Waals surface area contributed by atoms with Crippen molar-refractivity contribution >= 4 is 28.9 Å². The van der Waals surface area contributed by atoms with Gasteiger partial charge in [0.15, 0.2) is 11.5 Å². The molecule has 0 unspecified atom stereocenters. The zero-order valence-corrected chi connectivity index (χ0v) is 17.7. The number of nitro benzene ring substituents is 1. The molecule has 0 heterocycles. The quantitative estimate of drug-likeness (QED) is 0.191. The first-order valence-electron chi connectivity index (χ1n) is 9.33. The molecule has 0 aliphatic carbocycles. The highest BCUT2D eigenvalue weighted by molar-refractivity contribution is 6.32. The van der Waals surface area contributed by atoms with Crippen LogP contribution in [0.4, 0.5) is 5.69 Å². The van der Waals surface area contributed by atoms with E-state index in [4.69, 9.17) is 21.1 Å². The number of allylic oxidation sites excluding steroid dienone is 1. The molecule has 7 heteroatoms. The Morgan fingerprint density at radius 1 is 1.19 bits per heavy atom. The highest BCUT2D eigenvalue weighted by Gasteiger charge is 2.14. The van der Waals surface area contributed by atoms with Crippen LogP contribution in [0.25, 0.3) is 11.6 Å². The van der Waals surface area contributed by atoms with Gasteiger partial charge in [-0.15, -0.1) is 0 Å². The number of nitro groups is 1. The van der Waals surface area contributed by atoms with Crippen molar-refractivity contribution in [1.29, 1.82) is 5.26 Å². The predicted molar refractivity (Wildman–Crippen MR) is 120 cm³/mol. The molecule has 3 rings (SSSR count). The first-order valence-corrected chi connectivity index (χ1v) is 9.71. The normalized spacial score (nSPS) is 11.0. The molecule has 0 fully saturated rings. The van der Waals surface area contributed by atoms with Gasteiger partial charge in [-0.3, -0.25) is 10.1 Å². The molecule has 0 radical (unpaired) electrons. The predicted octanol–water partition coefficient (Wildman–Crippen LogP) is 6.21. The van der Waals surface area contributed by atoms with Crippen LogP contribution in [0.1, 0.15) is 22.3 Å². The average molecular weight is 435 g/mol. The van der Waals surface area contributed by atoms with Gasteiger partial charge in [-0.25, -0.2) is 0 Å². The van der Waals surface area contributed by atoms with Gasteiger partial charge in [-0.1, -0.05) is 53.6 Å². The van der Waals surface area contributed by atoms with Crippen LogP contribution in [0.3, 0.4) is 0 Å². The number of benzene rings is 3. The van der Waals surface area contributed by atoms with E-state index in [-0.39, 0.29) is 12.3 Å². The van der Waals surface area contributed by atoms with Crippen molar-refractivity contribution in [2.75, 3.05) is 7.11 Å². The number of rotatable bonds is 7. The summed E-state index contributed by atoms with van der Waals surface area (Å²) in [5, 5.41) is 20.8. The molecule has 31 heavy (non-hydrogen) atoms. The Morgan fingerprint density at radius 2 is 1.94 bits per heavy atom. The number of ether oxygens (including phenoxy) is 2. The number of hydrogen-bond acceptors (Lipinski definition) is 5. The van der Waals surface area contributed by atoms with Crippen molar-refractivity contribution in [3.8, 4) is 17.6 Å². The zero-order valence-electron chi connectivity index (χ0n) is 17.0. The largest absolute Gasteiger partial charge is 0.493 e. The molecule has 0 atom stereocenters. The van der Waals surface area contributed by atoms with Crippen LogP contribution in [0.15, 0.2) is 60.7 Å². The summed E-state index contributed by atoms with van der Waals surface area (Å²) in [6, 6.07) is 19.5. The highest BCUT2D eigenvalue weighted by atomic mass is 35.5. The lowest BCUT2D eigenvalue weighted by Gasteiger charge is -2.13. The number of methoxy groups -OCH3 is 1. The molecule has 0 saturated carbocycles. The Bertz CT molecular complexity index is 1180.